The number of nitrogens with one attached hydrogen (secondary N) is 1. The van der Waals surface area contributed by atoms with Crippen molar-refractivity contribution in [1.29, 1.82) is 0 Å². The van der Waals surface area contributed by atoms with Crippen molar-refractivity contribution in [2.75, 3.05) is 25.6 Å². The predicted octanol–water partition coefficient (Wildman–Crippen LogP) is 3.11. The zero-order valence-corrected chi connectivity index (χ0v) is 12.1. The number of fused-ring (bicyclic) bond motifs is 1. The summed E-state index contributed by atoms with van der Waals surface area (Å²) in [5, 5.41) is 4.25. The maximum atomic E-state index is 13.5. The molecule has 3 rings (SSSR count). The lowest BCUT2D eigenvalue weighted by atomic mass is 10.1. The van der Waals surface area contributed by atoms with Gasteiger partial charge in [0.05, 0.1) is 24.4 Å². The van der Waals surface area contributed by atoms with Crippen molar-refractivity contribution in [3.05, 3.63) is 35.8 Å². The van der Waals surface area contributed by atoms with E-state index in [4.69, 9.17) is 9.47 Å². The van der Waals surface area contributed by atoms with E-state index in [9.17, 15) is 4.39 Å². The van der Waals surface area contributed by atoms with Crippen LogP contribution in [0.5, 0.6) is 0 Å². The minimum Gasteiger partial charge on any atom is -0.379 e. The average Bonchev–Trinajstić information content (AvgIpc) is 2.49. The Hall–Kier alpha value is -1.72. The number of methoxy groups -OCH3 is 1. The van der Waals surface area contributed by atoms with Gasteiger partial charge in [-0.25, -0.2) is 4.39 Å². The van der Waals surface area contributed by atoms with Gasteiger partial charge in [0.15, 0.2) is 0 Å². The highest BCUT2D eigenvalue weighted by Gasteiger charge is 2.16. The molecule has 2 heterocycles. The van der Waals surface area contributed by atoms with Crippen LogP contribution in [0.15, 0.2) is 24.3 Å². The Morgan fingerprint density at radius 3 is 3.10 bits per heavy atom. The van der Waals surface area contributed by atoms with Gasteiger partial charge in [-0.1, -0.05) is 0 Å². The van der Waals surface area contributed by atoms with Crippen LogP contribution in [0.25, 0.3) is 10.9 Å². The molecule has 1 aromatic carbocycles. The number of halogens is 1. The van der Waals surface area contributed by atoms with Gasteiger partial charge < -0.3 is 14.8 Å². The molecule has 0 amide bonds. The van der Waals surface area contributed by atoms with Crippen LogP contribution >= 0.6 is 0 Å². The lowest BCUT2D eigenvalue weighted by Gasteiger charge is -2.25. The Kier molecular flexibility index (Phi) is 4.31. The predicted molar refractivity (Wildman–Crippen MR) is 79.9 cm³/mol. The molecule has 1 fully saturated rings. The first kappa shape index (κ1) is 14.2. The van der Waals surface area contributed by atoms with Crippen LogP contribution in [0.1, 0.15) is 18.5 Å². The molecule has 1 aromatic heterocycles. The van der Waals surface area contributed by atoms with Gasteiger partial charge in [0.25, 0.3) is 0 Å². The van der Waals surface area contributed by atoms with E-state index in [1.807, 2.05) is 6.07 Å². The number of aromatic nitrogens is 1. The number of hydrogen-bond donors (Lipinski definition) is 1. The van der Waals surface area contributed by atoms with E-state index in [0.717, 1.165) is 41.7 Å². The molecule has 0 saturated carbocycles. The summed E-state index contributed by atoms with van der Waals surface area (Å²) in [6.45, 7) is 1.93. The molecule has 1 aliphatic rings. The van der Waals surface area contributed by atoms with Crippen LogP contribution in [0, 0.1) is 5.82 Å². The number of rotatable bonds is 4. The van der Waals surface area contributed by atoms with E-state index < -0.39 is 0 Å². The minimum atomic E-state index is -0.258. The van der Waals surface area contributed by atoms with Gasteiger partial charge in [0.2, 0.25) is 0 Å². The van der Waals surface area contributed by atoms with Crippen molar-refractivity contribution >= 4 is 16.6 Å². The third-order valence-electron chi connectivity index (χ3n) is 3.64. The molecular weight excluding hydrogens is 271 g/mol. The van der Waals surface area contributed by atoms with E-state index in [1.165, 1.54) is 12.1 Å². The normalized spacial score (nSPS) is 18.9. The minimum absolute atomic E-state index is 0.253. The molecule has 0 unspecified atom stereocenters. The van der Waals surface area contributed by atoms with Crippen LogP contribution in [-0.2, 0) is 16.1 Å². The summed E-state index contributed by atoms with van der Waals surface area (Å²) in [4.78, 5) is 4.50. The second-order valence-electron chi connectivity index (χ2n) is 5.31. The Bertz CT molecular complexity index is 627. The molecule has 0 aliphatic carbocycles. The molecule has 21 heavy (non-hydrogen) atoms. The van der Waals surface area contributed by atoms with Gasteiger partial charge in [-0.05, 0) is 37.1 Å². The Morgan fingerprint density at radius 1 is 1.43 bits per heavy atom. The van der Waals surface area contributed by atoms with Crippen LogP contribution in [0.3, 0.4) is 0 Å². The van der Waals surface area contributed by atoms with Gasteiger partial charge in [-0.15, -0.1) is 0 Å². The molecule has 1 N–H and O–H groups in total. The standard InChI is InChI=1S/C16H19FN2O2/c1-20-9-13-8-16(18-12-3-2-6-21-10-12)14-7-11(17)4-5-15(14)19-13/h4-5,7-8,12H,2-3,6,9-10H2,1H3,(H,18,19)/t12-/m0/s1. The first-order valence-electron chi connectivity index (χ1n) is 7.18. The lowest BCUT2D eigenvalue weighted by Crippen LogP contribution is -2.30. The summed E-state index contributed by atoms with van der Waals surface area (Å²) in [6.07, 6.45) is 2.10. The molecule has 2 aromatic rings. The number of anilines is 1. The second kappa shape index (κ2) is 6.37. The Morgan fingerprint density at radius 2 is 2.33 bits per heavy atom. The zero-order valence-electron chi connectivity index (χ0n) is 12.1. The molecule has 0 bridgehead atoms. The van der Waals surface area contributed by atoms with Gasteiger partial charge >= 0.3 is 0 Å². The molecule has 1 saturated heterocycles. The highest BCUT2D eigenvalue weighted by atomic mass is 19.1. The number of pyridine rings is 1. The highest BCUT2D eigenvalue weighted by Crippen LogP contribution is 2.26. The topological polar surface area (TPSA) is 43.4 Å². The molecule has 112 valence electrons. The first-order chi connectivity index (χ1) is 10.3. The maximum absolute atomic E-state index is 13.5. The Balaban J connectivity index is 1.98. The zero-order chi connectivity index (χ0) is 14.7. The van der Waals surface area contributed by atoms with E-state index in [-0.39, 0.29) is 11.9 Å². The summed E-state index contributed by atoms with van der Waals surface area (Å²) in [5.41, 5.74) is 2.49. The fraction of sp³-hybridized carbons (Fsp3) is 0.438. The summed E-state index contributed by atoms with van der Waals surface area (Å²) >= 11 is 0. The maximum Gasteiger partial charge on any atom is 0.124 e. The van der Waals surface area contributed by atoms with E-state index in [2.05, 4.69) is 10.3 Å². The fourth-order valence-corrected chi connectivity index (χ4v) is 2.67. The Labute approximate surface area is 123 Å². The SMILES string of the molecule is COCc1cc(N[C@H]2CCCOC2)c2cc(F)ccc2n1. The van der Waals surface area contributed by atoms with Crippen molar-refractivity contribution in [1.82, 2.24) is 4.98 Å². The van der Waals surface area contributed by atoms with Crippen molar-refractivity contribution < 1.29 is 13.9 Å². The smallest absolute Gasteiger partial charge is 0.124 e. The van der Waals surface area contributed by atoms with Crippen LogP contribution in [0.4, 0.5) is 10.1 Å². The molecule has 0 radical (unpaired) electrons. The van der Waals surface area contributed by atoms with E-state index in [0.29, 0.717) is 13.2 Å². The van der Waals surface area contributed by atoms with E-state index >= 15 is 0 Å². The van der Waals surface area contributed by atoms with Crippen LogP contribution in [0.2, 0.25) is 0 Å². The van der Waals surface area contributed by atoms with E-state index in [1.54, 1.807) is 13.2 Å². The molecule has 1 aliphatic heterocycles. The van der Waals surface area contributed by atoms with Gasteiger partial charge in [-0.2, -0.15) is 0 Å². The molecular formula is C16H19FN2O2. The van der Waals surface area contributed by atoms with Crippen molar-refractivity contribution in [3.8, 4) is 0 Å². The average molecular weight is 290 g/mol. The van der Waals surface area contributed by atoms with Crippen LogP contribution in [-0.4, -0.2) is 31.3 Å². The van der Waals surface area contributed by atoms with Crippen LogP contribution < -0.4 is 5.32 Å². The van der Waals surface area contributed by atoms with Crippen molar-refractivity contribution in [3.63, 3.8) is 0 Å². The molecule has 5 heteroatoms. The van der Waals surface area contributed by atoms with Gasteiger partial charge in [0, 0.05) is 30.8 Å². The third kappa shape index (κ3) is 3.31. The molecule has 1 atom stereocenters. The molecule has 0 spiro atoms. The number of hydrogen-bond acceptors (Lipinski definition) is 4. The molecule has 4 nitrogen and oxygen atoms in total. The fourth-order valence-electron chi connectivity index (χ4n) is 2.67. The highest BCUT2D eigenvalue weighted by molar-refractivity contribution is 5.91. The number of ether oxygens (including phenoxy) is 2. The summed E-state index contributed by atoms with van der Waals surface area (Å²) < 4.78 is 24.2. The van der Waals surface area contributed by atoms with Gasteiger partial charge in [0.1, 0.15) is 5.82 Å². The first-order valence-corrected chi connectivity index (χ1v) is 7.18. The number of benzene rings is 1. The monoisotopic (exact) mass is 290 g/mol. The summed E-state index contributed by atoms with van der Waals surface area (Å²) in [7, 11) is 1.64. The largest absolute Gasteiger partial charge is 0.379 e. The quantitative estimate of drug-likeness (QED) is 0.939. The summed E-state index contributed by atoms with van der Waals surface area (Å²) in [6, 6.07) is 6.83. The summed E-state index contributed by atoms with van der Waals surface area (Å²) in [5.74, 6) is -0.258. The van der Waals surface area contributed by atoms with Crippen molar-refractivity contribution in [2.45, 2.75) is 25.5 Å². The second-order valence-corrected chi connectivity index (χ2v) is 5.31. The number of nitrogens with zero attached hydrogens (tertiary/aromatic N) is 1. The third-order valence-corrected chi connectivity index (χ3v) is 3.64. The lowest BCUT2D eigenvalue weighted by molar-refractivity contribution is 0.0876. The van der Waals surface area contributed by atoms with Crippen molar-refractivity contribution in [2.24, 2.45) is 0 Å². The van der Waals surface area contributed by atoms with Gasteiger partial charge in [-0.3, -0.25) is 4.98 Å².